The third-order valence-corrected chi connectivity index (χ3v) is 4.08. The first-order valence-corrected chi connectivity index (χ1v) is 7.45. The van der Waals surface area contributed by atoms with Crippen LogP contribution in [0.2, 0.25) is 0 Å². The van der Waals surface area contributed by atoms with E-state index in [9.17, 15) is 4.39 Å². The van der Waals surface area contributed by atoms with Crippen LogP contribution in [0.1, 0.15) is 12.0 Å². The van der Waals surface area contributed by atoms with Gasteiger partial charge in [-0.3, -0.25) is 0 Å². The highest BCUT2D eigenvalue weighted by molar-refractivity contribution is 9.10. The summed E-state index contributed by atoms with van der Waals surface area (Å²) < 4.78 is 19.7. The maximum absolute atomic E-state index is 13.1. The number of ether oxygens (including phenoxy) is 1. The molecule has 1 unspecified atom stereocenters. The van der Waals surface area contributed by atoms with Crippen molar-refractivity contribution in [2.24, 2.45) is 0 Å². The lowest BCUT2D eigenvalue weighted by Crippen LogP contribution is -2.25. The Balaban J connectivity index is 1.71. The predicted octanol–water partition coefficient (Wildman–Crippen LogP) is 4.39. The Bertz CT molecular complexity index is 590. The fraction of sp³-hybridized carbons (Fsp3) is 0.250. The number of nitrogens with one attached hydrogen (secondary N) is 1. The normalized spacial score (nSPS) is 17.8. The van der Waals surface area contributed by atoms with Gasteiger partial charge in [-0.15, -0.1) is 0 Å². The summed E-state index contributed by atoms with van der Waals surface area (Å²) >= 11 is 3.34. The lowest BCUT2D eigenvalue weighted by Gasteiger charge is -2.18. The summed E-state index contributed by atoms with van der Waals surface area (Å²) in [6, 6.07) is 12.8. The molecule has 2 aromatic rings. The van der Waals surface area contributed by atoms with Crippen LogP contribution in [0.25, 0.3) is 0 Å². The number of rotatable bonds is 2. The lowest BCUT2D eigenvalue weighted by atomic mass is 10.1. The minimum Gasteiger partial charge on any atom is -0.487 e. The van der Waals surface area contributed by atoms with Crippen LogP contribution in [0.3, 0.4) is 0 Å². The van der Waals surface area contributed by atoms with Crippen LogP contribution in [0.4, 0.5) is 10.1 Å². The molecule has 1 N–H and O–H groups in total. The predicted molar refractivity (Wildman–Crippen MR) is 81.8 cm³/mol. The summed E-state index contributed by atoms with van der Waals surface area (Å²) in [4.78, 5) is 0. The van der Waals surface area contributed by atoms with Gasteiger partial charge in [0.25, 0.3) is 0 Å². The van der Waals surface area contributed by atoms with Gasteiger partial charge in [-0.05, 0) is 58.6 Å². The molecule has 0 aliphatic carbocycles. The molecule has 1 aliphatic heterocycles. The Morgan fingerprint density at radius 1 is 1.20 bits per heavy atom. The average Bonchev–Trinajstić information content (AvgIpc) is 2.65. The molecule has 1 aliphatic rings. The molecule has 4 heteroatoms. The van der Waals surface area contributed by atoms with Crippen molar-refractivity contribution in [1.29, 1.82) is 0 Å². The molecule has 0 radical (unpaired) electrons. The number of halogens is 2. The van der Waals surface area contributed by atoms with E-state index in [0.717, 1.165) is 19.4 Å². The second kappa shape index (κ2) is 5.83. The average molecular weight is 336 g/mol. The van der Waals surface area contributed by atoms with Crippen molar-refractivity contribution in [3.63, 3.8) is 0 Å². The summed E-state index contributed by atoms with van der Waals surface area (Å²) in [5, 5.41) is 3.41. The smallest absolute Gasteiger partial charge is 0.134 e. The molecule has 20 heavy (non-hydrogen) atoms. The molecule has 3 rings (SSSR count). The third-order valence-electron chi connectivity index (χ3n) is 3.46. The summed E-state index contributed by atoms with van der Waals surface area (Å²) in [5.74, 6) is 0.416. The van der Waals surface area contributed by atoms with Crippen molar-refractivity contribution in [2.75, 3.05) is 11.9 Å². The SMILES string of the molecule is Fc1ccc(OC2CCc3ccccc3NC2)c(Br)c1. The van der Waals surface area contributed by atoms with Gasteiger partial charge in [0.1, 0.15) is 17.7 Å². The molecule has 2 nitrogen and oxygen atoms in total. The van der Waals surface area contributed by atoms with Gasteiger partial charge in [-0.1, -0.05) is 18.2 Å². The lowest BCUT2D eigenvalue weighted by molar-refractivity contribution is 0.204. The molecular formula is C16H15BrFNO. The van der Waals surface area contributed by atoms with E-state index in [1.54, 1.807) is 6.07 Å². The van der Waals surface area contributed by atoms with Crippen molar-refractivity contribution in [1.82, 2.24) is 0 Å². The molecule has 0 bridgehead atoms. The van der Waals surface area contributed by atoms with Crippen LogP contribution in [-0.4, -0.2) is 12.6 Å². The molecule has 0 amide bonds. The summed E-state index contributed by atoms with van der Waals surface area (Å²) in [5.41, 5.74) is 2.49. The number of hydrogen-bond donors (Lipinski definition) is 1. The van der Waals surface area contributed by atoms with Gasteiger partial charge in [0.2, 0.25) is 0 Å². The van der Waals surface area contributed by atoms with Crippen molar-refractivity contribution in [3.8, 4) is 5.75 Å². The number of benzene rings is 2. The molecule has 0 saturated heterocycles. The highest BCUT2D eigenvalue weighted by atomic mass is 79.9. The van der Waals surface area contributed by atoms with Gasteiger partial charge in [-0.25, -0.2) is 4.39 Å². The topological polar surface area (TPSA) is 21.3 Å². The first-order chi connectivity index (χ1) is 9.72. The highest BCUT2D eigenvalue weighted by Gasteiger charge is 2.17. The number of hydrogen-bond acceptors (Lipinski definition) is 2. The van der Waals surface area contributed by atoms with Crippen LogP contribution in [0, 0.1) is 5.82 Å². The fourth-order valence-corrected chi connectivity index (χ4v) is 2.85. The molecule has 0 fully saturated rings. The van der Waals surface area contributed by atoms with E-state index in [0.29, 0.717) is 10.2 Å². The van der Waals surface area contributed by atoms with E-state index in [2.05, 4.69) is 39.4 Å². The maximum Gasteiger partial charge on any atom is 0.134 e. The third kappa shape index (κ3) is 2.96. The molecule has 0 spiro atoms. The molecule has 104 valence electrons. The second-order valence-corrected chi connectivity index (χ2v) is 5.75. The zero-order valence-corrected chi connectivity index (χ0v) is 12.5. The monoisotopic (exact) mass is 335 g/mol. The number of para-hydroxylation sites is 1. The number of anilines is 1. The summed E-state index contributed by atoms with van der Waals surface area (Å²) in [6.45, 7) is 0.751. The van der Waals surface area contributed by atoms with Crippen LogP contribution < -0.4 is 10.1 Å². The quantitative estimate of drug-likeness (QED) is 0.878. The molecule has 1 atom stereocenters. The molecule has 2 aromatic carbocycles. The van der Waals surface area contributed by atoms with Gasteiger partial charge in [0, 0.05) is 5.69 Å². The zero-order valence-electron chi connectivity index (χ0n) is 10.9. The van der Waals surface area contributed by atoms with E-state index in [-0.39, 0.29) is 11.9 Å². The first-order valence-electron chi connectivity index (χ1n) is 6.66. The van der Waals surface area contributed by atoms with E-state index >= 15 is 0 Å². The van der Waals surface area contributed by atoms with E-state index in [1.807, 2.05) is 6.07 Å². The Morgan fingerprint density at radius 2 is 2.05 bits per heavy atom. The molecule has 0 aromatic heterocycles. The first kappa shape index (κ1) is 13.4. The fourth-order valence-electron chi connectivity index (χ4n) is 2.40. The van der Waals surface area contributed by atoms with Crippen LogP contribution in [0.15, 0.2) is 46.9 Å². The van der Waals surface area contributed by atoms with Gasteiger partial charge in [-0.2, -0.15) is 0 Å². The number of fused-ring (bicyclic) bond motifs is 1. The molecule has 0 saturated carbocycles. The van der Waals surface area contributed by atoms with E-state index in [1.165, 1.54) is 23.4 Å². The van der Waals surface area contributed by atoms with Gasteiger partial charge in [0.15, 0.2) is 0 Å². The Morgan fingerprint density at radius 3 is 2.90 bits per heavy atom. The standard InChI is InChI=1S/C16H15BrFNO/c17-14-9-12(18)6-8-16(14)20-13-7-5-11-3-1-2-4-15(11)19-10-13/h1-4,6,8-9,13,19H,5,7,10H2. The van der Waals surface area contributed by atoms with Crippen molar-refractivity contribution in [2.45, 2.75) is 18.9 Å². The van der Waals surface area contributed by atoms with Crippen LogP contribution in [0.5, 0.6) is 5.75 Å². The minimum atomic E-state index is -0.268. The highest BCUT2D eigenvalue weighted by Crippen LogP contribution is 2.28. The molecular weight excluding hydrogens is 321 g/mol. The van der Waals surface area contributed by atoms with Gasteiger partial charge >= 0.3 is 0 Å². The Labute approximate surface area is 126 Å². The van der Waals surface area contributed by atoms with Crippen molar-refractivity contribution in [3.05, 3.63) is 58.3 Å². The van der Waals surface area contributed by atoms with Crippen LogP contribution in [-0.2, 0) is 6.42 Å². The Hall–Kier alpha value is -1.55. The van der Waals surface area contributed by atoms with Crippen LogP contribution >= 0.6 is 15.9 Å². The minimum absolute atomic E-state index is 0.0733. The largest absolute Gasteiger partial charge is 0.487 e. The molecule has 1 heterocycles. The zero-order chi connectivity index (χ0) is 13.9. The van der Waals surface area contributed by atoms with Crippen molar-refractivity contribution >= 4 is 21.6 Å². The Kier molecular flexibility index (Phi) is 3.92. The second-order valence-electron chi connectivity index (χ2n) is 4.89. The van der Waals surface area contributed by atoms with Gasteiger partial charge < -0.3 is 10.1 Å². The van der Waals surface area contributed by atoms with E-state index < -0.39 is 0 Å². The van der Waals surface area contributed by atoms with E-state index in [4.69, 9.17) is 4.74 Å². The van der Waals surface area contributed by atoms with Crippen molar-refractivity contribution < 1.29 is 9.13 Å². The maximum atomic E-state index is 13.1. The van der Waals surface area contributed by atoms with Gasteiger partial charge in [0.05, 0.1) is 11.0 Å². The summed E-state index contributed by atoms with van der Waals surface area (Å²) in [7, 11) is 0. The number of aryl methyl sites for hydroxylation is 1. The summed E-state index contributed by atoms with van der Waals surface area (Å²) in [6.07, 6.45) is 1.99.